The lowest BCUT2D eigenvalue weighted by Crippen LogP contribution is -2.25. The van der Waals surface area contributed by atoms with Gasteiger partial charge in [0, 0.05) is 13.1 Å². The number of benzene rings is 1. The van der Waals surface area contributed by atoms with Crippen molar-refractivity contribution in [2.75, 3.05) is 23.3 Å². The second kappa shape index (κ2) is 8.38. The number of aromatic nitrogens is 1. The Kier molecular flexibility index (Phi) is 6.23. The van der Waals surface area contributed by atoms with Crippen molar-refractivity contribution in [2.24, 2.45) is 0 Å². The lowest BCUT2D eigenvalue weighted by Gasteiger charge is -2.23. The fourth-order valence-corrected chi connectivity index (χ4v) is 2.41. The molecule has 1 heterocycles. The van der Waals surface area contributed by atoms with Crippen LogP contribution in [0, 0.1) is 11.6 Å². The summed E-state index contributed by atoms with van der Waals surface area (Å²) >= 11 is 0. The topological polar surface area (TPSA) is 45.2 Å². The molecule has 0 spiro atoms. The largest absolute Gasteiger partial charge is 0.370 e. The molecule has 0 aliphatic carbocycles. The van der Waals surface area contributed by atoms with Gasteiger partial charge in [0.15, 0.2) is 0 Å². The second-order valence-electron chi connectivity index (χ2n) is 5.44. The third kappa shape index (κ3) is 4.28. The van der Waals surface area contributed by atoms with Crippen LogP contribution < -0.4 is 10.2 Å². The van der Waals surface area contributed by atoms with Gasteiger partial charge in [-0.15, -0.1) is 0 Å². The summed E-state index contributed by atoms with van der Waals surface area (Å²) in [6.45, 7) is 6.00. The minimum absolute atomic E-state index is 0.106. The van der Waals surface area contributed by atoms with Crippen LogP contribution in [0.25, 0.3) is 0 Å². The van der Waals surface area contributed by atoms with E-state index in [-0.39, 0.29) is 5.69 Å². The van der Waals surface area contributed by atoms with E-state index in [0.717, 1.165) is 43.8 Å². The van der Waals surface area contributed by atoms with Crippen LogP contribution in [-0.2, 0) is 0 Å². The number of nitrogens with one attached hydrogen (secondary N) is 1. The van der Waals surface area contributed by atoms with Crippen LogP contribution in [0.2, 0.25) is 0 Å². The molecule has 0 saturated carbocycles. The molecule has 1 amide bonds. The van der Waals surface area contributed by atoms with Crippen LogP contribution in [-0.4, -0.2) is 24.0 Å². The van der Waals surface area contributed by atoms with Gasteiger partial charge in [0.25, 0.3) is 5.91 Å². The summed E-state index contributed by atoms with van der Waals surface area (Å²) in [5.41, 5.74) is 0.564. The molecule has 0 fully saturated rings. The lowest BCUT2D eigenvalue weighted by atomic mass is 10.2. The number of pyridine rings is 1. The minimum atomic E-state index is -0.822. The summed E-state index contributed by atoms with van der Waals surface area (Å²) in [4.78, 5) is 18.4. The highest BCUT2D eigenvalue weighted by Crippen LogP contribution is 2.19. The number of hydrogen-bond donors (Lipinski definition) is 1. The van der Waals surface area contributed by atoms with E-state index < -0.39 is 23.2 Å². The normalized spacial score (nSPS) is 10.5. The molecular formula is C18H21F2N3O. The van der Waals surface area contributed by atoms with E-state index in [9.17, 15) is 13.6 Å². The number of hydrogen-bond acceptors (Lipinski definition) is 3. The molecule has 0 aliphatic heterocycles. The van der Waals surface area contributed by atoms with Gasteiger partial charge >= 0.3 is 0 Å². The standard InChI is InChI=1S/C18H21F2N3O/c1-3-10-23(11-4-2)13-8-9-16(21-12-13)18(24)22-17-14(19)6-5-7-15(17)20/h5-9,12H,3-4,10-11H2,1-2H3,(H,22,24). The van der Waals surface area contributed by atoms with Crippen molar-refractivity contribution in [1.82, 2.24) is 4.98 Å². The van der Waals surface area contributed by atoms with Crippen molar-refractivity contribution in [3.05, 3.63) is 53.9 Å². The third-order valence-corrected chi connectivity index (χ3v) is 3.53. The Balaban J connectivity index is 2.13. The van der Waals surface area contributed by atoms with Gasteiger partial charge < -0.3 is 10.2 Å². The smallest absolute Gasteiger partial charge is 0.274 e. The fraction of sp³-hybridized carbons (Fsp3) is 0.333. The Hall–Kier alpha value is -2.50. The van der Waals surface area contributed by atoms with Crippen LogP contribution >= 0.6 is 0 Å². The van der Waals surface area contributed by atoms with Crippen molar-refractivity contribution in [2.45, 2.75) is 26.7 Å². The zero-order valence-corrected chi connectivity index (χ0v) is 13.9. The number of nitrogens with zero attached hydrogens (tertiary/aromatic N) is 2. The highest BCUT2D eigenvalue weighted by atomic mass is 19.1. The van der Waals surface area contributed by atoms with Crippen molar-refractivity contribution in [3.63, 3.8) is 0 Å². The van der Waals surface area contributed by atoms with Crippen LogP contribution in [0.3, 0.4) is 0 Å². The van der Waals surface area contributed by atoms with Gasteiger partial charge in [-0.1, -0.05) is 19.9 Å². The Bertz CT molecular complexity index is 663. The zero-order chi connectivity index (χ0) is 17.5. The van der Waals surface area contributed by atoms with Crippen molar-refractivity contribution >= 4 is 17.3 Å². The van der Waals surface area contributed by atoms with Gasteiger partial charge in [-0.3, -0.25) is 4.79 Å². The second-order valence-corrected chi connectivity index (χ2v) is 5.44. The number of para-hydroxylation sites is 1. The Morgan fingerprint density at radius 1 is 1.08 bits per heavy atom. The molecule has 6 heteroatoms. The first-order valence-corrected chi connectivity index (χ1v) is 8.03. The summed E-state index contributed by atoms with van der Waals surface area (Å²) in [5.74, 6) is -2.29. The molecule has 0 aliphatic rings. The van der Waals surface area contributed by atoms with Gasteiger partial charge in [-0.05, 0) is 37.1 Å². The van der Waals surface area contributed by atoms with E-state index in [1.54, 1.807) is 18.3 Å². The monoisotopic (exact) mass is 333 g/mol. The molecule has 0 atom stereocenters. The van der Waals surface area contributed by atoms with Gasteiger partial charge in [0.1, 0.15) is 23.0 Å². The first-order valence-electron chi connectivity index (χ1n) is 8.03. The summed E-state index contributed by atoms with van der Waals surface area (Å²) < 4.78 is 27.2. The van der Waals surface area contributed by atoms with Crippen LogP contribution in [0.4, 0.5) is 20.2 Å². The van der Waals surface area contributed by atoms with E-state index in [4.69, 9.17) is 0 Å². The summed E-state index contributed by atoms with van der Waals surface area (Å²) in [5, 5.41) is 2.23. The minimum Gasteiger partial charge on any atom is -0.370 e. The van der Waals surface area contributed by atoms with Gasteiger partial charge in [0.2, 0.25) is 0 Å². The molecule has 0 saturated heterocycles. The maximum atomic E-state index is 13.6. The van der Waals surface area contributed by atoms with Gasteiger partial charge in [0.05, 0.1) is 11.9 Å². The fourth-order valence-electron chi connectivity index (χ4n) is 2.41. The Morgan fingerprint density at radius 3 is 2.21 bits per heavy atom. The molecule has 1 aromatic carbocycles. The number of anilines is 2. The number of carbonyl (C=O) groups is 1. The lowest BCUT2D eigenvalue weighted by molar-refractivity contribution is 0.102. The first-order chi connectivity index (χ1) is 11.6. The first kappa shape index (κ1) is 17.8. The van der Waals surface area contributed by atoms with E-state index in [2.05, 4.69) is 29.0 Å². The number of carbonyl (C=O) groups excluding carboxylic acids is 1. The number of amides is 1. The van der Waals surface area contributed by atoms with Gasteiger partial charge in [-0.25, -0.2) is 13.8 Å². The summed E-state index contributed by atoms with van der Waals surface area (Å²) in [6.07, 6.45) is 3.63. The van der Waals surface area contributed by atoms with E-state index in [1.807, 2.05) is 0 Å². The molecule has 2 aromatic rings. The molecule has 1 N–H and O–H groups in total. The number of halogens is 2. The number of rotatable bonds is 7. The molecule has 128 valence electrons. The molecule has 24 heavy (non-hydrogen) atoms. The Morgan fingerprint density at radius 2 is 1.71 bits per heavy atom. The average Bonchev–Trinajstić information content (AvgIpc) is 2.58. The van der Waals surface area contributed by atoms with E-state index in [0.29, 0.717) is 0 Å². The molecular weight excluding hydrogens is 312 g/mol. The quantitative estimate of drug-likeness (QED) is 0.824. The predicted molar refractivity (Wildman–Crippen MR) is 91.3 cm³/mol. The van der Waals surface area contributed by atoms with E-state index >= 15 is 0 Å². The molecule has 0 radical (unpaired) electrons. The van der Waals surface area contributed by atoms with Crippen molar-refractivity contribution in [3.8, 4) is 0 Å². The summed E-state index contributed by atoms with van der Waals surface area (Å²) in [6, 6.07) is 6.77. The highest BCUT2D eigenvalue weighted by Gasteiger charge is 2.15. The van der Waals surface area contributed by atoms with Crippen LogP contribution in [0.1, 0.15) is 37.2 Å². The molecule has 4 nitrogen and oxygen atoms in total. The Labute approximate surface area is 140 Å². The van der Waals surface area contributed by atoms with E-state index in [1.165, 1.54) is 6.07 Å². The maximum Gasteiger partial charge on any atom is 0.274 e. The van der Waals surface area contributed by atoms with Crippen LogP contribution in [0.5, 0.6) is 0 Å². The maximum absolute atomic E-state index is 13.6. The predicted octanol–water partition coefficient (Wildman–Crippen LogP) is 4.24. The highest BCUT2D eigenvalue weighted by molar-refractivity contribution is 6.03. The SMILES string of the molecule is CCCN(CCC)c1ccc(C(=O)Nc2c(F)cccc2F)nc1. The molecule has 1 aromatic heterocycles. The van der Waals surface area contributed by atoms with Crippen LogP contribution in [0.15, 0.2) is 36.5 Å². The molecule has 0 unspecified atom stereocenters. The zero-order valence-electron chi connectivity index (χ0n) is 13.9. The van der Waals surface area contributed by atoms with Crippen molar-refractivity contribution in [1.29, 1.82) is 0 Å². The van der Waals surface area contributed by atoms with Gasteiger partial charge in [-0.2, -0.15) is 0 Å². The van der Waals surface area contributed by atoms with Crippen molar-refractivity contribution < 1.29 is 13.6 Å². The molecule has 0 bridgehead atoms. The summed E-state index contributed by atoms with van der Waals surface area (Å²) in [7, 11) is 0. The molecule has 2 rings (SSSR count). The third-order valence-electron chi connectivity index (χ3n) is 3.53. The average molecular weight is 333 g/mol.